The molecule has 0 heterocycles. The predicted octanol–water partition coefficient (Wildman–Crippen LogP) is 3.73. The fraction of sp³-hybridized carbons (Fsp3) is 0.900. The third-order valence-electron chi connectivity index (χ3n) is 5.43. The molecule has 0 aromatic rings. The van der Waals surface area contributed by atoms with Crippen LogP contribution < -0.4 is 5.32 Å². The minimum atomic E-state index is -0.246. The second-order valence-corrected chi connectivity index (χ2v) is 8.28. The number of nitrogens with one attached hydrogen (secondary N) is 1. The number of carbonyl (C=O) groups is 1. The molecule has 144 valence electrons. The van der Waals surface area contributed by atoms with E-state index in [1.807, 2.05) is 19.0 Å². The summed E-state index contributed by atoms with van der Waals surface area (Å²) >= 11 is 0. The van der Waals surface area contributed by atoms with Crippen molar-refractivity contribution in [3.8, 4) is 0 Å². The van der Waals surface area contributed by atoms with E-state index in [0.717, 1.165) is 25.7 Å². The Kier molecular flexibility index (Phi) is 8.20. The second-order valence-electron chi connectivity index (χ2n) is 8.28. The van der Waals surface area contributed by atoms with E-state index in [0.29, 0.717) is 18.1 Å². The zero-order valence-electron chi connectivity index (χ0n) is 16.6. The van der Waals surface area contributed by atoms with E-state index in [4.69, 9.17) is 9.73 Å². The summed E-state index contributed by atoms with van der Waals surface area (Å²) in [5, 5.41) is 3.46. The highest BCUT2D eigenvalue weighted by atomic mass is 16.6. The molecular weight excluding hydrogens is 314 g/mol. The van der Waals surface area contributed by atoms with Crippen LogP contribution in [0, 0.1) is 5.92 Å². The molecule has 2 aliphatic rings. The van der Waals surface area contributed by atoms with Gasteiger partial charge in [-0.25, -0.2) is 9.79 Å². The van der Waals surface area contributed by atoms with Crippen molar-refractivity contribution in [3.05, 3.63) is 0 Å². The lowest BCUT2D eigenvalue weighted by Crippen LogP contribution is -2.46. The van der Waals surface area contributed by atoms with Crippen molar-refractivity contribution in [2.75, 3.05) is 14.1 Å². The molecule has 0 aromatic heterocycles. The average molecular weight is 352 g/mol. The van der Waals surface area contributed by atoms with Crippen molar-refractivity contribution in [1.29, 1.82) is 0 Å². The number of aliphatic imine (C=N–C) groups is 1. The summed E-state index contributed by atoms with van der Waals surface area (Å²) in [5.41, 5.74) is 0. The van der Waals surface area contributed by atoms with Crippen LogP contribution in [0.25, 0.3) is 0 Å². The smallest absolute Gasteiger partial charge is 0.331 e. The van der Waals surface area contributed by atoms with Gasteiger partial charge in [0.2, 0.25) is 0 Å². The van der Waals surface area contributed by atoms with Crippen molar-refractivity contribution in [3.63, 3.8) is 0 Å². The van der Waals surface area contributed by atoms with E-state index in [2.05, 4.69) is 19.2 Å². The number of carbonyl (C=O) groups excluding carboxylic acids is 1. The van der Waals surface area contributed by atoms with Gasteiger partial charge in [-0.1, -0.05) is 52.4 Å². The van der Waals surface area contributed by atoms with Crippen LogP contribution >= 0.6 is 0 Å². The van der Waals surface area contributed by atoms with Gasteiger partial charge in [-0.15, -0.1) is 0 Å². The standard InChI is InChI=1S/C20H37N3O2/c1-15(2)18(23(3)4)19(24)25-20(21-16-11-7-5-8-12-16)22-17-13-9-6-10-14-17/h15-18H,5-14H2,1-4H3,(H,21,22). The van der Waals surface area contributed by atoms with E-state index in [9.17, 15) is 4.79 Å². The van der Waals surface area contributed by atoms with E-state index in [-0.39, 0.29) is 17.9 Å². The van der Waals surface area contributed by atoms with E-state index in [1.165, 1.54) is 38.5 Å². The van der Waals surface area contributed by atoms with Gasteiger partial charge in [-0.05, 0) is 45.7 Å². The second kappa shape index (κ2) is 10.1. The van der Waals surface area contributed by atoms with Gasteiger partial charge in [-0.3, -0.25) is 4.90 Å². The molecule has 0 bridgehead atoms. The lowest BCUT2D eigenvalue weighted by Gasteiger charge is -2.28. The highest BCUT2D eigenvalue weighted by Gasteiger charge is 2.28. The molecule has 0 amide bonds. The summed E-state index contributed by atoms with van der Waals surface area (Å²) in [4.78, 5) is 19.5. The minimum Gasteiger partial charge on any atom is -0.392 e. The maximum Gasteiger partial charge on any atom is 0.331 e. The number of rotatable bonds is 5. The monoisotopic (exact) mass is 351 g/mol. The number of amidine groups is 1. The molecular formula is C20H37N3O2. The zero-order chi connectivity index (χ0) is 18.2. The Bertz CT molecular complexity index is 428. The number of likely N-dealkylation sites (N-methyl/N-ethyl adjacent to an activating group) is 1. The molecule has 0 saturated heterocycles. The summed E-state index contributed by atoms with van der Waals surface area (Å²) in [6.45, 7) is 4.11. The Morgan fingerprint density at radius 3 is 2.08 bits per heavy atom. The highest BCUT2D eigenvalue weighted by molar-refractivity contribution is 5.90. The molecule has 1 unspecified atom stereocenters. The molecule has 1 atom stereocenters. The first-order valence-electron chi connectivity index (χ1n) is 10.2. The van der Waals surface area contributed by atoms with E-state index < -0.39 is 0 Å². The fourth-order valence-electron chi connectivity index (χ4n) is 4.13. The fourth-order valence-corrected chi connectivity index (χ4v) is 4.13. The van der Waals surface area contributed by atoms with Crippen LogP contribution in [0.2, 0.25) is 0 Å². The topological polar surface area (TPSA) is 53.9 Å². The third kappa shape index (κ3) is 6.61. The molecule has 0 aliphatic heterocycles. The average Bonchev–Trinajstić information content (AvgIpc) is 2.55. The van der Waals surface area contributed by atoms with Gasteiger partial charge in [0.1, 0.15) is 6.04 Å². The molecule has 5 heteroatoms. The summed E-state index contributed by atoms with van der Waals surface area (Å²) < 4.78 is 5.80. The maximum atomic E-state index is 12.7. The Labute approximate surface area is 153 Å². The number of ether oxygens (including phenoxy) is 1. The number of nitrogens with zero attached hydrogens (tertiary/aromatic N) is 2. The third-order valence-corrected chi connectivity index (χ3v) is 5.43. The molecule has 1 N–H and O–H groups in total. The Balaban J connectivity index is 2.06. The molecule has 0 spiro atoms. The van der Waals surface area contributed by atoms with Gasteiger partial charge in [0.15, 0.2) is 0 Å². The molecule has 2 rings (SSSR count). The van der Waals surface area contributed by atoms with Crippen molar-refractivity contribution >= 4 is 12.0 Å². The van der Waals surface area contributed by atoms with Crippen LogP contribution in [-0.4, -0.2) is 49.1 Å². The van der Waals surface area contributed by atoms with E-state index >= 15 is 0 Å². The number of hydrogen-bond acceptors (Lipinski definition) is 4. The first-order chi connectivity index (χ1) is 12.0. The number of esters is 1. The Hall–Kier alpha value is -1.10. The van der Waals surface area contributed by atoms with Crippen molar-refractivity contribution in [2.45, 2.75) is 96.2 Å². The summed E-state index contributed by atoms with van der Waals surface area (Å²) in [7, 11) is 3.86. The summed E-state index contributed by atoms with van der Waals surface area (Å²) in [5.74, 6) is 0.00554. The summed E-state index contributed by atoms with van der Waals surface area (Å²) in [6.07, 6.45) is 12.0. The van der Waals surface area contributed by atoms with Crippen LogP contribution in [-0.2, 0) is 9.53 Å². The lowest BCUT2D eigenvalue weighted by atomic mass is 9.95. The predicted molar refractivity (Wildman–Crippen MR) is 103 cm³/mol. The molecule has 2 aliphatic carbocycles. The first-order valence-corrected chi connectivity index (χ1v) is 10.2. The zero-order valence-corrected chi connectivity index (χ0v) is 16.6. The quantitative estimate of drug-likeness (QED) is 0.466. The normalized spacial score (nSPS) is 22.2. The van der Waals surface area contributed by atoms with Gasteiger partial charge in [0.05, 0.1) is 6.04 Å². The van der Waals surface area contributed by atoms with E-state index in [1.54, 1.807) is 0 Å². The summed E-state index contributed by atoms with van der Waals surface area (Å²) in [6, 6.07) is 0.909. The van der Waals surface area contributed by atoms with Crippen molar-refractivity contribution < 1.29 is 9.53 Å². The van der Waals surface area contributed by atoms with Gasteiger partial charge >= 0.3 is 5.97 Å². The molecule has 0 aromatic carbocycles. The minimum absolute atomic E-state index is 0.196. The van der Waals surface area contributed by atoms with Crippen LogP contribution in [0.4, 0.5) is 0 Å². The van der Waals surface area contributed by atoms with Gasteiger partial charge in [0.25, 0.3) is 6.02 Å². The molecule has 5 nitrogen and oxygen atoms in total. The lowest BCUT2D eigenvalue weighted by molar-refractivity contribution is -0.142. The van der Waals surface area contributed by atoms with Crippen LogP contribution in [0.15, 0.2) is 4.99 Å². The maximum absolute atomic E-state index is 12.7. The van der Waals surface area contributed by atoms with Crippen LogP contribution in [0.3, 0.4) is 0 Å². The molecule has 0 radical (unpaired) electrons. The van der Waals surface area contributed by atoms with Gasteiger partial charge in [0, 0.05) is 6.04 Å². The molecule has 2 saturated carbocycles. The van der Waals surface area contributed by atoms with Crippen molar-refractivity contribution in [1.82, 2.24) is 10.2 Å². The van der Waals surface area contributed by atoms with Crippen LogP contribution in [0.1, 0.15) is 78.1 Å². The first kappa shape index (κ1) is 20.2. The Morgan fingerprint density at radius 2 is 1.56 bits per heavy atom. The van der Waals surface area contributed by atoms with Crippen LogP contribution in [0.5, 0.6) is 0 Å². The molecule has 25 heavy (non-hydrogen) atoms. The van der Waals surface area contributed by atoms with Gasteiger partial charge in [-0.2, -0.15) is 0 Å². The molecule has 2 fully saturated rings. The van der Waals surface area contributed by atoms with Crippen molar-refractivity contribution in [2.24, 2.45) is 10.9 Å². The Morgan fingerprint density at radius 1 is 1.00 bits per heavy atom. The highest BCUT2D eigenvalue weighted by Crippen LogP contribution is 2.22. The SMILES string of the molecule is CC(C)C(C(=O)OC(=NC1CCCCC1)NC1CCCCC1)N(C)C. The number of hydrogen-bond donors (Lipinski definition) is 1. The largest absolute Gasteiger partial charge is 0.392 e. The van der Waals surface area contributed by atoms with Gasteiger partial charge < -0.3 is 10.1 Å².